The van der Waals surface area contributed by atoms with Crippen molar-refractivity contribution in [1.29, 1.82) is 0 Å². The Labute approximate surface area is 222 Å². The van der Waals surface area contributed by atoms with Crippen LogP contribution in [0.15, 0.2) is 18.2 Å². The Hall–Kier alpha value is -3.11. The molecule has 1 aromatic heterocycles. The van der Waals surface area contributed by atoms with Gasteiger partial charge in [0.05, 0.1) is 31.8 Å². The Morgan fingerprint density at radius 2 is 2.00 bits per heavy atom. The van der Waals surface area contributed by atoms with Crippen molar-refractivity contribution in [1.82, 2.24) is 20.1 Å². The molecule has 10 nitrogen and oxygen atoms in total. The Balaban J connectivity index is 1.49. The molecule has 0 bridgehead atoms. The number of nitrogens with one attached hydrogen (secondary N) is 2. The summed E-state index contributed by atoms with van der Waals surface area (Å²) in [5.74, 6) is -0.486. The normalized spacial score (nSPS) is 25.2. The van der Waals surface area contributed by atoms with E-state index in [1.54, 1.807) is 14.2 Å². The van der Waals surface area contributed by atoms with E-state index < -0.39 is 17.4 Å². The Kier molecular flexibility index (Phi) is 7.63. The number of aromatic nitrogens is 1. The SMILES string of the molecule is COCCCNC(=O)CC1C[C@H](C(=O)N2CCOCC2)[C@@]2(C)c3[nH]c4ccc(OC)cc4c3CCN2C1=O. The number of hydrogen-bond donors (Lipinski definition) is 2. The third-order valence-corrected chi connectivity index (χ3v) is 8.48. The minimum Gasteiger partial charge on any atom is -0.497 e. The maximum Gasteiger partial charge on any atom is 0.228 e. The third-order valence-electron chi connectivity index (χ3n) is 8.48. The number of methoxy groups -OCH3 is 2. The zero-order valence-electron chi connectivity index (χ0n) is 22.5. The number of aromatic amines is 1. The molecule has 4 heterocycles. The molecule has 3 atom stereocenters. The molecule has 3 amide bonds. The number of benzene rings is 1. The lowest BCUT2D eigenvalue weighted by atomic mass is 9.67. The van der Waals surface area contributed by atoms with Gasteiger partial charge in [0, 0.05) is 68.8 Å². The molecule has 1 aromatic carbocycles. The lowest BCUT2D eigenvalue weighted by Crippen LogP contribution is -2.65. The van der Waals surface area contributed by atoms with Gasteiger partial charge in [0.2, 0.25) is 17.7 Å². The first-order valence-electron chi connectivity index (χ1n) is 13.5. The van der Waals surface area contributed by atoms with Crippen LogP contribution in [0, 0.1) is 11.8 Å². The van der Waals surface area contributed by atoms with Crippen LogP contribution in [0.4, 0.5) is 0 Å². The number of carbonyl (C=O) groups excluding carboxylic acids is 3. The topological polar surface area (TPSA) is 113 Å². The number of ether oxygens (including phenoxy) is 3. The average molecular weight is 527 g/mol. The zero-order chi connectivity index (χ0) is 26.9. The second-order valence-corrected chi connectivity index (χ2v) is 10.6. The number of carbonyl (C=O) groups is 3. The van der Waals surface area contributed by atoms with Crippen LogP contribution < -0.4 is 10.1 Å². The molecule has 2 aromatic rings. The van der Waals surface area contributed by atoms with E-state index in [9.17, 15) is 14.4 Å². The van der Waals surface area contributed by atoms with Gasteiger partial charge in [-0.25, -0.2) is 0 Å². The summed E-state index contributed by atoms with van der Waals surface area (Å²) >= 11 is 0. The molecule has 3 aliphatic heterocycles. The number of fused-ring (bicyclic) bond motifs is 5. The van der Waals surface area contributed by atoms with Gasteiger partial charge in [0.15, 0.2) is 0 Å². The van der Waals surface area contributed by atoms with Crippen molar-refractivity contribution in [2.24, 2.45) is 11.8 Å². The van der Waals surface area contributed by atoms with E-state index in [0.717, 1.165) is 27.9 Å². The van der Waals surface area contributed by atoms with Crippen molar-refractivity contribution < 1.29 is 28.6 Å². The summed E-state index contributed by atoms with van der Waals surface area (Å²) in [5.41, 5.74) is 2.15. The number of H-pyrrole nitrogens is 1. The zero-order valence-corrected chi connectivity index (χ0v) is 22.5. The fourth-order valence-corrected chi connectivity index (χ4v) is 6.43. The number of nitrogens with zero attached hydrogens (tertiary/aromatic N) is 2. The number of hydrogen-bond acceptors (Lipinski definition) is 6. The standard InChI is InChI=1S/C28H38N4O6/c1-28-22(27(35)31-10-13-38-14-11-31)15-18(16-24(33)29-8-4-12-36-2)26(34)32(28)9-7-20-21-17-19(37-3)5-6-23(21)30-25(20)28/h5-6,17-18,22,30H,4,7-16H2,1-3H3,(H,29,33)/t18?,22-,28+/m1/s1. The molecule has 0 saturated carbocycles. The number of piperidine rings is 1. The predicted molar refractivity (Wildman–Crippen MR) is 141 cm³/mol. The van der Waals surface area contributed by atoms with Crippen molar-refractivity contribution in [3.05, 3.63) is 29.5 Å². The summed E-state index contributed by atoms with van der Waals surface area (Å²) in [7, 11) is 3.27. The van der Waals surface area contributed by atoms with Crippen molar-refractivity contribution >= 4 is 28.6 Å². The van der Waals surface area contributed by atoms with E-state index in [1.165, 1.54) is 0 Å². The van der Waals surface area contributed by atoms with Gasteiger partial charge in [-0.3, -0.25) is 14.4 Å². The highest BCUT2D eigenvalue weighted by atomic mass is 16.5. The molecule has 206 valence electrons. The van der Waals surface area contributed by atoms with Crippen LogP contribution in [0.2, 0.25) is 0 Å². The summed E-state index contributed by atoms with van der Waals surface area (Å²) in [6.07, 6.45) is 1.77. The van der Waals surface area contributed by atoms with E-state index in [0.29, 0.717) is 65.3 Å². The van der Waals surface area contributed by atoms with Crippen LogP contribution in [-0.2, 0) is 35.8 Å². The van der Waals surface area contributed by atoms with Crippen LogP contribution in [0.5, 0.6) is 5.75 Å². The highest BCUT2D eigenvalue weighted by molar-refractivity contribution is 5.93. The number of morpholine rings is 1. The first-order valence-corrected chi connectivity index (χ1v) is 13.5. The van der Waals surface area contributed by atoms with E-state index >= 15 is 0 Å². The molecule has 2 fully saturated rings. The van der Waals surface area contributed by atoms with Crippen LogP contribution in [-0.4, -0.2) is 92.7 Å². The Morgan fingerprint density at radius 1 is 1.21 bits per heavy atom. The van der Waals surface area contributed by atoms with Gasteiger partial charge in [-0.15, -0.1) is 0 Å². The van der Waals surface area contributed by atoms with Crippen LogP contribution in [0.1, 0.15) is 37.4 Å². The smallest absolute Gasteiger partial charge is 0.228 e. The van der Waals surface area contributed by atoms with Gasteiger partial charge in [0.25, 0.3) is 0 Å². The van der Waals surface area contributed by atoms with Crippen molar-refractivity contribution in [2.45, 2.75) is 38.1 Å². The molecule has 1 unspecified atom stereocenters. The van der Waals surface area contributed by atoms with Crippen molar-refractivity contribution in [3.8, 4) is 5.75 Å². The minimum atomic E-state index is -0.849. The number of rotatable bonds is 8. The largest absolute Gasteiger partial charge is 0.497 e. The summed E-state index contributed by atoms with van der Waals surface area (Å²) in [6.45, 7) is 5.62. The molecule has 2 N–H and O–H groups in total. The fourth-order valence-electron chi connectivity index (χ4n) is 6.43. The monoisotopic (exact) mass is 526 g/mol. The van der Waals surface area contributed by atoms with Gasteiger partial charge in [-0.1, -0.05) is 0 Å². The molecular formula is C28H38N4O6. The summed E-state index contributed by atoms with van der Waals surface area (Å²) in [5, 5.41) is 3.96. The van der Waals surface area contributed by atoms with Gasteiger partial charge >= 0.3 is 0 Å². The molecule has 10 heteroatoms. The van der Waals surface area contributed by atoms with Gasteiger partial charge in [0.1, 0.15) is 5.75 Å². The fraction of sp³-hybridized carbons (Fsp3) is 0.607. The molecule has 5 rings (SSSR count). The molecule has 3 aliphatic rings. The lowest BCUT2D eigenvalue weighted by Gasteiger charge is -2.54. The van der Waals surface area contributed by atoms with Crippen LogP contribution >= 0.6 is 0 Å². The maximum atomic E-state index is 14.1. The third kappa shape index (κ3) is 4.64. The van der Waals surface area contributed by atoms with E-state index in [4.69, 9.17) is 14.2 Å². The van der Waals surface area contributed by atoms with E-state index in [-0.39, 0.29) is 24.1 Å². The summed E-state index contributed by atoms with van der Waals surface area (Å²) < 4.78 is 16.0. The van der Waals surface area contributed by atoms with Gasteiger partial charge in [-0.2, -0.15) is 0 Å². The highest BCUT2D eigenvalue weighted by Crippen LogP contribution is 2.50. The summed E-state index contributed by atoms with van der Waals surface area (Å²) in [4.78, 5) is 48.0. The minimum absolute atomic E-state index is 0.0166. The quantitative estimate of drug-likeness (QED) is 0.508. The first kappa shape index (κ1) is 26.5. The van der Waals surface area contributed by atoms with Gasteiger partial charge < -0.3 is 34.3 Å². The highest BCUT2D eigenvalue weighted by Gasteiger charge is 2.57. The first-order chi connectivity index (χ1) is 18.4. The van der Waals surface area contributed by atoms with Crippen molar-refractivity contribution in [3.63, 3.8) is 0 Å². The molecular weight excluding hydrogens is 488 g/mol. The molecule has 0 aliphatic carbocycles. The lowest BCUT2D eigenvalue weighted by molar-refractivity contribution is -0.166. The maximum absolute atomic E-state index is 14.1. The Bertz CT molecular complexity index is 1210. The second-order valence-electron chi connectivity index (χ2n) is 10.6. The van der Waals surface area contributed by atoms with Gasteiger partial charge in [-0.05, 0) is 49.9 Å². The Morgan fingerprint density at radius 3 is 2.74 bits per heavy atom. The molecule has 0 spiro atoms. The number of amides is 3. The van der Waals surface area contributed by atoms with Crippen LogP contribution in [0.3, 0.4) is 0 Å². The average Bonchev–Trinajstić information content (AvgIpc) is 3.32. The van der Waals surface area contributed by atoms with Crippen molar-refractivity contribution in [2.75, 3.05) is 60.2 Å². The van der Waals surface area contributed by atoms with Crippen LogP contribution in [0.25, 0.3) is 10.9 Å². The summed E-state index contributed by atoms with van der Waals surface area (Å²) in [6, 6.07) is 5.91. The molecule has 0 radical (unpaired) electrons. The second kappa shape index (κ2) is 10.9. The molecule has 38 heavy (non-hydrogen) atoms. The molecule has 2 saturated heterocycles. The van der Waals surface area contributed by atoms with E-state index in [2.05, 4.69) is 10.3 Å². The van der Waals surface area contributed by atoms with E-state index in [1.807, 2.05) is 34.9 Å². The predicted octanol–water partition coefficient (Wildman–Crippen LogP) is 1.81.